The fourth-order valence-electron chi connectivity index (χ4n) is 2.15. The molecular formula is C20H36I2N6O2+2. The molecule has 0 fully saturated rings. The van der Waals surface area contributed by atoms with Crippen LogP contribution in [0.1, 0.15) is 14.9 Å². The molecule has 0 saturated heterocycles. The summed E-state index contributed by atoms with van der Waals surface area (Å²) in [7, 11) is 11.0. The molecule has 0 aliphatic rings. The minimum atomic E-state index is 0. The molecule has 2 aromatic rings. The lowest BCUT2D eigenvalue weighted by molar-refractivity contribution is -0.211. The van der Waals surface area contributed by atoms with Crippen molar-refractivity contribution in [3.63, 3.8) is 0 Å². The van der Waals surface area contributed by atoms with Gasteiger partial charge >= 0.3 is 0 Å². The van der Waals surface area contributed by atoms with Gasteiger partial charge in [-0.05, 0) is 34.5 Å². The van der Waals surface area contributed by atoms with E-state index in [1.54, 1.807) is 20.3 Å². The Bertz CT molecular complexity index is 741. The number of methoxy groups -OCH3 is 2. The van der Waals surface area contributed by atoms with E-state index < -0.39 is 0 Å². The van der Waals surface area contributed by atoms with Gasteiger partial charge in [0.1, 0.15) is 11.4 Å². The molecule has 0 unspecified atom stereocenters. The highest BCUT2D eigenvalue weighted by Gasteiger charge is 2.13. The molecule has 8 nitrogen and oxygen atoms in total. The lowest BCUT2D eigenvalue weighted by Gasteiger charge is -2.17. The zero-order valence-corrected chi connectivity index (χ0v) is 21.3. The minimum Gasteiger partial charge on any atom is -0.494 e. The third-order valence-corrected chi connectivity index (χ3v) is 3.62. The molecule has 0 aliphatic heterocycles. The predicted octanol–water partition coefficient (Wildman–Crippen LogP) is 4.25. The molecule has 30 heavy (non-hydrogen) atoms. The number of rotatable bonds is 6. The van der Waals surface area contributed by atoms with Gasteiger partial charge in [-0.1, -0.05) is 14.9 Å². The van der Waals surface area contributed by atoms with Gasteiger partial charge in [0.2, 0.25) is 0 Å². The monoisotopic (exact) mass is 646 g/mol. The highest BCUT2D eigenvalue weighted by molar-refractivity contribution is 15.0. The minimum absolute atomic E-state index is 0. The molecule has 0 heterocycles. The van der Waals surface area contributed by atoms with Crippen LogP contribution in [-0.2, 0) is 0 Å². The lowest BCUT2D eigenvalue weighted by atomic mass is 10.2. The summed E-state index contributed by atoms with van der Waals surface area (Å²) in [6.07, 6.45) is 0. The van der Waals surface area contributed by atoms with Crippen molar-refractivity contribution in [2.75, 3.05) is 52.2 Å². The van der Waals surface area contributed by atoms with E-state index in [1.807, 2.05) is 68.3 Å². The fourth-order valence-corrected chi connectivity index (χ4v) is 2.15. The first kappa shape index (κ1) is 33.0. The zero-order chi connectivity index (χ0) is 21.7. The van der Waals surface area contributed by atoms with Crippen LogP contribution in [0.3, 0.4) is 0 Å². The Balaban J connectivity index is -0.000000436. The standard InChI is InChI=1S/C10H15N3O2.C8H11N3.2CH4.I2/c1-13(2)8-6-9(14-3)7(12-11)5-10(8)15-4;1-11(2)8-5-3-7(10-9)4-6-8;;;1-2/h5-6,11H,1-4H3;3-6,9H,1-2H3;2*1H4;/p+2. The van der Waals surface area contributed by atoms with E-state index in [9.17, 15) is 0 Å². The second kappa shape index (κ2) is 18.1. The van der Waals surface area contributed by atoms with Crippen LogP contribution >= 0.6 is 37.2 Å². The quantitative estimate of drug-likeness (QED) is 0.362. The first-order chi connectivity index (χ1) is 13.4. The van der Waals surface area contributed by atoms with Gasteiger partial charge in [-0.2, -0.15) is 11.1 Å². The molecule has 0 bridgehead atoms. The van der Waals surface area contributed by atoms with E-state index >= 15 is 0 Å². The zero-order valence-electron chi connectivity index (χ0n) is 17.0. The Labute approximate surface area is 204 Å². The average Bonchev–Trinajstić information content (AvgIpc) is 2.74. The van der Waals surface area contributed by atoms with Crippen molar-refractivity contribution in [3.8, 4) is 11.5 Å². The number of benzene rings is 2. The lowest BCUT2D eigenvalue weighted by Crippen LogP contribution is -2.22. The maximum absolute atomic E-state index is 5.25. The number of halogens is 2. The van der Waals surface area contributed by atoms with Gasteiger partial charge < -0.3 is 19.3 Å². The van der Waals surface area contributed by atoms with E-state index in [4.69, 9.17) is 20.5 Å². The summed E-state index contributed by atoms with van der Waals surface area (Å²) >= 11 is 4.24. The van der Waals surface area contributed by atoms with Crippen LogP contribution in [0.15, 0.2) is 46.6 Å². The Morgan fingerprint density at radius 3 is 1.60 bits per heavy atom. The number of anilines is 2. The van der Waals surface area contributed by atoms with Crippen molar-refractivity contribution in [2.45, 2.75) is 14.9 Å². The van der Waals surface area contributed by atoms with E-state index in [2.05, 4.69) is 47.5 Å². The van der Waals surface area contributed by atoms with Crippen LogP contribution < -0.4 is 30.3 Å². The number of hydrogen-bond donors (Lipinski definition) is 2. The molecule has 2 aromatic carbocycles. The van der Waals surface area contributed by atoms with Gasteiger partial charge in [-0.3, -0.25) is 0 Å². The summed E-state index contributed by atoms with van der Waals surface area (Å²) in [4.78, 5) is 3.96. The van der Waals surface area contributed by atoms with Gasteiger partial charge in [0, 0.05) is 83.2 Å². The van der Waals surface area contributed by atoms with Crippen LogP contribution in [-0.4, -0.2) is 42.4 Å². The summed E-state index contributed by atoms with van der Waals surface area (Å²) in [5.74, 6) is 1.34. The van der Waals surface area contributed by atoms with Crippen molar-refractivity contribution in [3.05, 3.63) is 36.4 Å². The SMILES string of the molecule is C.C.CN(C)c1ccc(N=[NH2+])cc1.COc1cc(N(C)C)c(OC)cc1N=[NH2+].II. The molecule has 0 aromatic heterocycles. The summed E-state index contributed by atoms with van der Waals surface area (Å²) in [5.41, 5.74) is 13.8. The highest BCUT2D eigenvalue weighted by Crippen LogP contribution is 2.38. The Hall–Kier alpha value is -1.70. The third kappa shape index (κ3) is 10.4. The number of ether oxygens (including phenoxy) is 2. The van der Waals surface area contributed by atoms with Crippen molar-refractivity contribution < 1.29 is 20.5 Å². The van der Waals surface area contributed by atoms with Gasteiger partial charge in [0.15, 0.2) is 11.4 Å². The molecule has 2 rings (SSSR count). The summed E-state index contributed by atoms with van der Waals surface area (Å²) in [6, 6.07) is 11.3. The highest BCUT2D eigenvalue weighted by atomic mass is 128. The maximum Gasteiger partial charge on any atom is 0.175 e. The molecular weight excluding hydrogens is 610 g/mol. The number of nitrogens with zero attached hydrogens (tertiary/aromatic N) is 4. The maximum atomic E-state index is 5.25. The van der Waals surface area contributed by atoms with E-state index in [0.29, 0.717) is 17.2 Å². The molecule has 10 heteroatoms. The Morgan fingerprint density at radius 2 is 1.27 bits per heavy atom. The van der Waals surface area contributed by atoms with Crippen LogP contribution in [0.4, 0.5) is 22.7 Å². The molecule has 170 valence electrons. The van der Waals surface area contributed by atoms with Crippen LogP contribution in [0.2, 0.25) is 0 Å². The summed E-state index contributed by atoms with van der Waals surface area (Å²) in [5, 5.41) is 7.18. The van der Waals surface area contributed by atoms with Gasteiger partial charge in [-0.25, -0.2) is 0 Å². The molecule has 0 atom stereocenters. The van der Waals surface area contributed by atoms with E-state index in [-0.39, 0.29) is 14.9 Å². The van der Waals surface area contributed by atoms with Gasteiger partial charge in [0.05, 0.1) is 19.9 Å². The number of nitrogens with two attached hydrogens (primary N) is 2. The van der Waals surface area contributed by atoms with Crippen molar-refractivity contribution in [2.24, 2.45) is 10.2 Å². The summed E-state index contributed by atoms with van der Waals surface area (Å²) < 4.78 is 10.4. The Kier molecular flexibility index (Phi) is 19.9. The first-order valence-electron chi connectivity index (χ1n) is 8.04. The molecule has 4 N–H and O–H groups in total. The fraction of sp³-hybridized carbons (Fsp3) is 0.400. The summed E-state index contributed by atoms with van der Waals surface area (Å²) in [6.45, 7) is 0. The van der Waals surface area contributed by atoms with E-state index in [1.165, 1.54) is 0 Å². The van der Waals surface area contributed by atoms with Crippen molar-refractivity contribution >= 4 is 60.0 Å². The topological polar surface area (TPSA) is 101 Å². The molecule has 0 aliphatic carbocycles. The third-order valence-electron chi connectivity index (χ3n) is 3.62. The average molecular weight is 646 g/mol. The van der Waals surface area contributed by atoms with Crippen molar-refractivity contribution in [1.29, 1.82) is 0 Å². The smallest absolute Gasteiger partial charge is 0.175 e. The second-order valence-electron chi connectivity index (χ2n) is 5.76. The molecule has 0 saturated carbocycles. The molecule has 0 radical (unpaired) electrons. The van der Waals surface area contributed by atoms with Gasteiger partial charge in [0.25, 0.3) is 0 Å². The number of hydrogen-bond acceptors (Lipinski definition) is 6. The van der Waals surface area contributed by atoms with Crippen molar-refractivity contribution in [1.82, 2.24) is 0 Å². The van der Waals surface area contributed by atoms with Crippen LogP contribution in [0.25, 0.3) is 0 Å². The second-order valence-corrected chi connectivity index (χ2v) is 5.76. The largest absolute Gasteiger partial charge is 0.494 e. The predicted molar refractivity (Wildman–Crippen MR) is 144 cm³/mol. The van der Waals surface area contributed by atoms with E-state index in [0.717, 1.165) is 17.1 Å². The van der Waals surface area contributed by atoms with Crippen LogP contribution in [0.5, 0.6) is 11.5 Å². The van der Waals surface area contributed by atoms with Gasteiger partial charge in [-0.15, -0.1) is 0 Å². The molecule has 0 spiro atoms. The normalized spacial score (nSPS) is 8.40. The van der Waals surface area contributed by atoms with Crippen LogP contribution in [0, 0.1) is 0 Å². The first-order valence-corrected chi connectivity index (χ1v) is 14.3. The Morgan fingerprint density at radius 1 is 0.767 bits per heavy atom. The molecule has 0 amide bonds.